The summed E-state index contributed by atoms with van der Waals surface area (Å²) in [5.41, 5.74) is 0. The molecule has 0 spiro atoms. The third-order valence-corrected chi connectivity index (χ3v) is 4.67. The van der Waals surface area contributed by atoms with Gasteiger partial charge in [-0.25, -0.2) is 0 Å². The Morgan fingerprint density at radius 1 is 1.50 bits per heavy atom. The fourth-order valence-electron chi connectivity index (χ4n) is 2.58. The smallest absolute Gasteiger partial charge is 0.242 e. The molecule has 2 N–H and O–H groups in total. The van der Waals surface area contributed by atoms with Crippen molar-refractivity contribution in [2.75, 3.05) is 31.6 Å². The van der Waals surface area contributed by atoms with Gasteiger partial charge in [-0.15, -0.1) is 0 Å². The molecule has 0 aromatic rings. The van der Waals surface area contributed by atoms with Crippen molar-refractivity contribution in [3.05, 3.63) is 0 Å². The third kappa shape index (κ3) is 3.17. The summed E-state index contributed by atoms with van der Waals surface area (Å²) in [7, 11) is 1.63. The van der Waals surface area contributed by atoms with Gasteiger partial charge in [-0.05, 0) is 12.8 Å². The lowest BCUT2D eigenvalue weighted by Gasteiger charge is -2.27. The highest BCUT2D eigenvalue weighted by molar-refractivity contribution is 7.99. The van der Waals surface area contributed by atoms with Gasteiger partial charge < -0.3 is 15.5 Å². The summed E-state index contributed by atoms with van der Waals surface area (Å²) in [6.07, 6.45) is 2.23. The van der Waals surface area contributed by atoms with Crippen molar-refractivity contribution in [3.8, 4) is 0 Å². The van der Waals surface area contributed by atoms with Crippen molar-refractivity contribution < 1.29 is 9.59 Å². The second-order valence-corrected chi connectivity index (χ2v) is 5.94. The van der Waals surface area contributed by atoms with Gasteiger partial charge in [0.05, 0.1) is 0 Å². The van der Waals surface area contributed by atoms with E-state index in [9.17, 15) is 9.59 Å². The van der Waals surface area contributed by atoms with Gasteiger partial charge in [-0.2, -0.15) is 11.8 Å². The average molecular weight is 271 g/mol. The summed E-state index contributed by atoms with van der Waals surface area (Å²) in [6, 6.07) is 0.0148. The second-order valence-electron chi connectivity index (χ2n) is 4.79. The van der Waals surface area contributed by atoms with E-state index in [2.05, 4.69) is 10.6 Å². The largest absolute Gasteiger partial charge is 0.357 e. The number of rotatable bonds is 3. The first-order valence-corrected chi connectivity index (χ1v) is 7.70. The number of carbonyl (C=O) groups is 2. The average Bonchev–Trinajstić information content (AvgIpc) is 2.88. The van der Waals surface area contributed by atoms with Gasteiger partial charge >= 0.3 is 0 Å². The highest BCUT2D eigenvalue weighted by Crippen LogP contribution is 2.20. The molecule has 2 rings (SSSR count). The van der Waals surface area contributed by atoms with Crippen LogP contribution < -0.4 is 10.6 Å². The molecule has 5 nitrogen and oxygen atoms in total. The van der Waals surface area contributed by atoms with Crippen LogP contribution in [0.5, 0.6) is 0 Å². The van der Waals surface area contributed by atoms with E-state index in [1.807, 2.05) is 11.8 Å². The molecule has 2 saturated heterocycles. The zero-order chi connectivity index (χ0) is 13.0. The molecule has 0 aliphatic carbocycles. The van der Waals surface area contributed by atoms with E-state index in [1.165, 1.54) is 0 Å². The maximum atomic E-state index is 12.2. The van der Waals surface area contributed by atoms with E-state index in [4.69, 9.17) is 0 Å². The first kappa shape index (κ1) is 13.7. The van der Waals surface area contributed by atoms with E-state index in [0.717, 1.165) is 37.4 Å². The maximum Gasteiger partial charge on any atom is 0.242 e. The monoisotopic (exact) mass is 271 g/mol. The van der Waals surface area contributed by atoms with Gasteiger partial charge in [0.1, 0.15) is 6.04 Å². The molecule has 0 aromatic carbocycles. The topological polar surface area (TPSA) is 61.4 Å². The number of carbonyl (C=O) groups excluding carboxylic acids is 2. The summed E-state index contributed by atoms with van der Waals surface area (Å²) in [4.78, 5) is 25.7. The van der Waals surface area contributed by atoms with E-state index in [-0.39, 0.29) is 23.9 Å². The Balaban J connectivity index is 1.89. The molecule has 0 saturated carbocycles. The molecule has 2 amide bonds. The van der Waals surface area contributed by atoms with E-state index in [0.29, 0.717) is 6.42 Å². The highest BCUT2D eigenvalue weighted by atomic mass is 32.2. The van der Waals surface area contributed by atoms with Crippen LogP contribution in [-0.2, 0) is 9.59 Å². The lowest BCUT2D eigenvalue weighted by molar-refractivity contribution is -0.138. The van der Waals surface area contributed by atoms with Crippen molar-refractivity contribution in [1.82, 2.24) is 15.5 Å². The van der Waals surface area contributed by atoms with Crippen LogP contribution in [0.4, 0.5) is 0 Å². The minimum atomic E-state index is -0.251. The number of thioether (sulfide) groups is 1. The summed E-state index contributed by atoms with van der Waals surface area (Å²) in [5.74, 6) is 2.19. The molecular formula is C12H21N3O2S. The Morgan fingerprint density at radius 2 is 2.33 bits per heavy atom. The quantitative estimate of drug-likeness (QED) is 0.747. The molecule has 2 heterocycles. The van der Waals surface area contributed by atoms with Crippen molar-refractivity contribution in [3.63, 3.8) is 0 Å². The predicted molar refractivity (Wildman–Crippen MR) is 72.5 cm³/mol. The zero-order valence-corrected chi connectivity index (χ0v) is 11.6. The van der Waals surface area contributed by atoms with E-state index in [1.54, 1.807) is 11.9 Å². The van der Waals surface area contributed by atoms with Crippen LogP contribution in [-0.4, -0.2) is 60.4 Å². The standard InChI is InChI=1S/C12H21N3O2S/c1-13-12(17)10-3-2-5-15(10)11(16)7-9-8-18-6-4-14-9/h9-10,14H,2-8H2,1H3,(H,13,17). The summed E-state index contributed by atoms with van der Waals surface area (Å²) < 4.78 is 0. The van der Waals surface area contributed by atoms with Gasteiger partial charge in [-0.3, -0.25) is 9.59 Å². The second kappa shape index (κ2) is 6.43. The first-order valence-electron chi connectivity index (χ1n) is 6.54. The Kier molecular flexibility index (Phi) is 4.88. The highest BCUT2D eigenvalue weighted by Gasteiger charge is 2.34. The maximum absolute atomic E-state index is 12.2. The Morgan fingerprint density at radius 3 is 3.00 bits per heavy atom. The molecule has 2 atom stereocenters. The van der Waals surface area contributed by atoms with Gasteiger partial charge in [0.15, 0.2) is 0 Å². The number of likely N-dealkylation sites (tertiary alicyclic amines) is 1. The number of nitrogens with one attached hydrogen (secondary N) is 2. The Labute approximate surface area is 112 Å². The van der Waals surface area contributed by atoms with Crippen LogP contribution >= 0.6 is 11.8 Å². The predicted octanol–water partition coefficient (Wildman–Crippen LogP) is -0.181. The molecule has 6 heteroatoms. The minimum Gasteiger partial charge on any atom is -0.357 e. The van der Waals surface area contributed by atoms with Crippen LogP contribution in [0.3, 0.4) is 0 Å². The van der Waals surface area contributed by atoms with Crippen LogP contribution in [0.1, 0.15) is 19.3 Å². The fourth-order valence-corrected chi connectivity index (χ4v) is 3.53. The molecule has 2 unspecified atom stereocenters. The van der Waals surface area contributed by atoms with Gasteiger partial charge in [-0.1, -0.05) is 0 Å². The summed E-state index contributed by atoms with van der Waals surface area (Å²) >= 11 is 1.89. The molecule has 2 aliphatic rings. The fraction of sp³-hybridized carbons (Fsp3) is 0.833. The molecule has 102 valence electrons. The summed E-state index contributed by atoms with van der Waals surface area (Å²) in [5, 5.41) is 6.01. The van der Waals surface area contributed by atoms with Crippen molar-refractivity contribution >= 4 is 23.6 Å². The van der Waals surface area contributed by atoms with Crippen molar-refractivity contribution in [2.45, 2.75) is 31.3 Å². The van der Waals surface area contributed by atoms with Gasteiger partial charge in [0, 0.05) is 44.1 Å². The third-order valence-electron chi connectivity index (χ3n) is 3.54. The number of hydrogen-bond acceptors (Lipinski definition) is 4. The van der Waals surface area contributed by atoms with Crippen LogP contribution in [0, 0.1) is 0 Å². The first-order chi connectivity index (χ1) is 8.72. The molecule has 0 radical (unpaired) electrons. The molecule has 2 fully saturated rings. The van der Waals surface area contributed by atoms with E-state index < -0.39 is 0 Å². The normalized spacial score (nSPS) is 28.2. The van der Waals surface area contributed by atoms with Crippen LogP contribution in [0.25, 0.3) is 0 Å². The molecule has 0 aromatic heterocycles. The van der Waals surface area contributed by atoms with Crippen molar-refractivity contribution in [1.29, 1.82) is 0 Å². The minimum absolute atomic E-state index is 0.0353. The number of nitrogens with zero attached hydrogens (tertiary/aromatic N) is 1. The van der Waals surface area contributed by atoms with Crippen LogP contribution in [0.2, 0.25) is 0 Å². The molecule has 18 heavy (non-hydrogen) atoms. The zero-order valence-electron chi connectivity index (χ0n) is 10.8. The summed E-state index contributed by atoms with van der Waals surface area (Å²) in [6.45, 7) is 1.69. The van der Waals surface area contributed by atoms with Gasteiger partial charge in [0.2, 0.25) is 11.8 Å². The molecular weight excluding hydrogens is 250 g/mol. The van der Waals surface area contributed by atoms with Crippen LogP contribution in [0.15, 0.2) is 0 Å². The lowest BCUT2D eigenvalue weighted by Crippen LogP contribution is -2.48. The Bertz CT molecular complexity index is 318. The lowest BCUT2D eigenvalue weighted by atomic mass is 10.1. The number of amides is 2. The molecule has 0 bridgehead atoms. The molecule has 2 aliphatic heterocycles. The number of hydrogen-bond donors (Lipinski definition) is 2. The van der Waals surface area contributed by atoms with Crippen molar-refractivity contribution in [2.24, 2.45) is 0 Å². The number of likely N-dealkylation sites (N-methyl/N-ethyl adjacent to an activating group) is 1. The van der Waals surface area contributed by atoms with E-state index >= 15 is 0 Å². The Hall–Kier alpha value is -0.750. The van der Waals surface area contributed by atoms with Gasteiger partial charge in [0.25, 0.3) is 0 Å². The SMILES string of the molecule is CNC(=O)C1CCCN1C(=O)CC1CSCCN1.